The van der Waals surface area contributed by atoms with Gasteiger partial charge in [0.1, 0.15) is 12.2 Å². The lowest BCUT2D eigenvalue weighted by atomic mass is 9.77. The molecule has 0 spiro atoms. The summed E-state index contributed by atoms with van der Waals surface area (Å²) in [5, 5.41) is 37.8. The molecule has 13 heteroatoms. The van der Waals surface area contributed by atoms with Gasteiger partial charge in [0.05, 0.1) is 41.5 Å². The molecule has 0 saturated carbocycles. The van der Waals surface area contributed by atoms with Crippen molar-refractivity contribution in [2.75, 3.05) is 40.1 Å². The second-order valence-electron chi connectivity index (χ2n) is 15.7. The summed E-state index contributed by atoms with van der Waals surface area (Å²) in [6, 6.07) is 6.54. The molecule has 2 fully saturated rings. The molecule has 0 unspecified atom stereocenters. The van der Waals surface area contributed by atoms with E-state index in [1.165, 1.54) is 7.11 Å². The Morgan fingerprint density at radius 1 is 1.02 bits per heavy atom. The number of nitrogens with one attached hydrogen (secondary N) is 1. The van der Waals surface area contributed by atoms with Gasteiger partial charge >= 0.3 is 0 Å². The predicted molar refractivity (Wildman–Crippen MR) is 187 cm³/mol. The van der Waals surface area contributed by atoms with Crippen molar-refractivity contribution in [2.45, 2.75) is 134 Å². The molecule has 4 rings (SSSR count). The highest BCUT2D eigenvalue weighted by Gasteiger charge is 2.51. The zero-order chi connectivity index (χ0) is 37.3. The smallest absolute Gasteiger partial charge is 0.253 e. The minimum Gasteiger partial charge on any atom is -0.387 e. The zero-order valence-electron chi connectivity index (χ0n) is 31.7. The number of benzene rings is 1. The van der Waals surface area contributed by atoms with Crippen molar-refractivity contribution in [1.29, 1.82) is 0 Å². The van der Waals surface area contributed by atoms with Crippen molar-refractivity contribution >= 4 is 17.5 Å². The molecule has 3 aliphatic heterocycles. The van der Waals surface area contributed by atoms with E-state index in [9.17, 15) is 24.9 Å². The summed E-state index contributed by atoms with van der Waals surface area (Å²) in [6.45, 7) is 13.0. The Kier molecular flexibility index (Phi) is 13.2. The summed E-state index contributed by atoms with van der Waals surface area (Å²) in [5.74, 6) is -2.29. The van der Waals surface area contributed by atoms with Crippen LogP contribution in [0, 0.1) is 17.8 Å². The van der Waals surface area contributed by atoms with Gasteiger partial charge in [0.2, 0.25) is 5.91 Å². The van der Waals surface area contributed by atoms with Gasteiger partial charge in [0.15, 0.2) is 12.6 Å². The second-order valence-corrected chi connectivity index (χ2v) is 15.7. The van der Waals surface area contributed by atoms with Gasteiger partial charge in [-0.2, -0.15) is 0 Å². The average molecular weight is 708 g/mol. The highest BCUT2D eigenvalue weighted by Crippen LogP contribution is 2.39. The van der Waals surface area contributed by atoms with Crippen LogP contribution in [-0.2, 0) is 28.5 Å². The quantitative estimate of drug-likeness (QED) is 0.345. The molecular weight excluding hydrogens is 646 g/mol. The maximum absolute atomic E-state index is 14.1. The maximum Gasteiger partial charge on any atom is 0.253 e. The van der Waals surface area contributed by atoms with Gasteiger partial charge in [-0.15, -0.1) is 0 Å². The summed E-state index contributed by atoms with van der Waals surface area (Å²) < 4.78 is 31.5. The second kappa shape index (κ2) is 16.2. The third-order valence-electron chi connectivity index (χ3n) is 10.9. The molecule has 14 atom stereocenters. The molecule has 284 valence electrons. The number of aliphatic hydroxyl groups is 3. The van der Waals surface area contributed by atoms with Gasteiger partial charge in [-0.1, -0.05) is 26.8 Å². The number of methoxy groups -OCH3 is 1. The Bertz CT molecular complexity index is 1310. The molecule has 50 heavy (non-hydrogen) atoms. The molecule has 0 aromatic heterocycles. The van der Waals surface area contributed by atoms with E-state index in [-0.39, 0.29) is 42.7 Å². The van der Waals surface area contributed by atoms with Crippen LogP contribution in [0.3, 0.4) is 0 Å². The molecule has 1 aromatic carbocycles. The Hall–Kier alpha value is -2.20. The standard InChI is InChI=1S/C37H61N3O10/c1-20-17-36(6,45)32(50-35-29(41)27(39(8)9)15-21(2)47-35)22(3)30(49-28-18-37(7,46-11)31(42)24(5)48-28)23(4)33(43)38-26-14-12-13-25(16-26)34(44)40(10)19-20/h12-14,16,20-24,27-32,35,41-42,45H,15,17-19H2,1-11H3,(H,38,43)/t20-,21-,22+,23-,24+,27+,28+,29-,30+,31+,32-,35+,36-,37-/m1/s1. The number of rotatable bonds is 6. The first kappa shape index (κ1) is 40.6. The van der Waals surface area contributed by atoms with Gasteiger partial charge in [0.25, 0.3) is 5.91 Å². The molecule has 0 radical (unpaired) electrons. The molecule has 2 saturated heterocycles. The number of carbonyl (C=O) groups is 2. The van der Waals surface area contributed by atoms with E-state index in [1.54, 1.807) is 63.9 Å². The van der Waals surface area contributed by atoms with Crippen LogP contribution in [0.1, 0.15) is 78.1 Å². The average Bonchev–Trinajstić information content (AvgIpc) is 3.04. The lowest BCUT2D eigenvalue weighted by Gasteiger charge is -2.48. The van der Waals surface area contributed by atoms with Crippen molar-refractivity contribution in [2.24, 2.45) is 17.8 Å². The van der Waals surface area contributed by atoms with Crippen LogP contribution in [0.5, 0.6) is 0 Å². The SMILES string of the molecule is CO[C@]1(C)C[C@H](O[C@H]2[C@H](C)[C@@H](O[C@@H]3O[C@H](C)C[C@H](N(C)C)[C@H]3O)[C@](C)(O)C[C@@H](C)CN(C)C(=O)c3cccc(c3)NC(=O)[C@@H]2C)O[C@@H](C)[C@@H]1O. The molecule has 1 aromatic rings. The van der Waals surface area contributed by atoms with Gasteiger partial charge in [-0.05, 0) is 78.7 Å². The topological polar surface area (TPSA) is 159 Å². The van der Waals surface area contributed by atoms with E-state index >= 15 is 0 Å². The van der Waals surface area contributed by atoms with Gasteiger partial charge < -0.3 is 54.1 Å². The summed E-state index contributed by atoms with van der Waals surface area (Å²) in [4.78, 5) is 31.0. The summed E-state index contributed by atoms with van der Waals surface area (Å²) in [6.07, 6.45) is -5.73. The molecule has 2 bridgehead atoms. The fraction of sp³-hybridized carbons (Fsp3) is 0.784. The minimum atomic E-state index is -1.55. The van der Waals surface area contributed by atoms with Crippen molar-refractivity contribution in [1.82, 2.24) is 9.80 Å². The number of hydrogen-bond donors (Lipinski definition) is 4. The highest BCUT2D eigenvalue weighted by molar-refractivity contribution is 5.97. The number of anilines is 1. The van der Waals surface area contributed by atoms with Gasteiger partial charge in [0, 0.05) is 50.3 Å². The third kappa shape index (κ3) is 9.05. The number of carbonyl (C=O) groups excluding carboxylic acids is 2. The molecule has 4 N–H and O–H groups in total. The fourth-order valence-corrected chi connectivity index (χ4v) is 8.07. The van der Waals surface area contributed by atoms with Crippen LogP contribution < -0.4 is 5.32 Å². The van der Waals surface area contributed by atoms with Crippen LogP contribution in [0.25, 0.3) is 0 Å². The van der Waals surface area contributed by atoms with Gasteiger partial charge in [-0.3, -0.25) is 9.59 Å². The number of nitrogens with zero attached hydrogens (tertiary/aromatic N) is 2. The van der Waals surface area contributed by atoms with E-state index in [0.717, 1.165) is 0 Å². The van der Waals surface area contributed by atoms with Crippen LogP contribution in [0.2, 0.25) is 0 Å². The molecule has 0 aliphatic carbocycles. The predicted octanol–water partition coefficient (Wildman–Crippen LogP) is 2.86. The van der Waals surface area contributed by atoms with E-state index < -0.39 is 66.1 Å². The largest absolute Gasteiger partial charge is 0.387 e. The van der Waals surface area contributed by atoms with Crippen LogP contribution >= 0.6 is 0 Å². The third-order valence-corrected chi connectivity index (χ3v) is 10.9. The molecule has 3 heterocycles. The zero-order valence-corrected chi connectivity index (χ0v) is 31.7. The Labute approximate surface area is 297 Å². The molecule has 13 nitrogen and oxygen atoms in total. The molecule has 3 aliphatic rings. The number of fused-ring (bicyclic) bond motifs is 2. The number of aliphatic hydroxyl groups excluding tert-OH is 2. The lowest BCUT2D eigenvalue weighted by molar-refractivity contribution is -0.317. The van der Waals surface area contributed by atoms with Crippen molar-refractivity contribution in [3.05, 3.63) is 29.8 Å². The number of hydrogen-bond acceptors (Lipinski definition) is 11. The number of ether oxygens (including phenoxy) is 5. The Morgan fingerprint density at radius 3 is 2.34 bits per heavy atom. The fourth-order valence-electron chi connectivity index (χ4n) is 8.07. The number of likely N-dealkylation sites (N-methyl/N-ethyl adjacent to an activating group) is 1. The van der Waals surface area contributed by atoms with Crippen LogP contribution in [0.15, 0.2) is 24.3 Å². The van der Waals surface area contributed by atoms with Gasteiger partial charge in [-0.25, -0.2) is 0 Å². The maximum atomic E-state index is 14.1. The monoisotopic (exact) mass is 707 g/mol. The first-order valence-electron chi connectivity index (χ1n) is 17.9. The molecule has 2 amide bonds. The summed E-state index contributed by atoms with van der Waals surface area (Å²) in [7, 11) is 7.02. The van der Waals surface area contributed by atoms with E-state index in [1.807, 2.05) is 39.8 Å². The Balaban J connectivity index is 1.80. The molecular formula is C37H61N3O10. The highest BCUT2D eigenvalue weighted by atomic mass is 16.7. The van der Waals surface area contributed by atoms with Crippen molar-refractivity contribution in [3.8, 4) is 0 Å². The Morgan fingerprint density at radius 2 is 1.70 bits per heavy atom. The number of amides is 2. The lowest BCUT2D eigenvalue weighted by Crippen LogP contribution is -2.60. The van der Waals surface area contributed by atoms with E-state index in [0.29, 0.717) is 24.2 Å². The van der Waals surface area contributed by atoms with E-state index in [2.05, 4.69) is 5.32 Å². The minimum absolute atomic E-state index is 0.175. The first-order chi connectivity index (χ1) is 23.3. The normalized spacial score (nSPS) is 42.5. The van der Waals surface area contributed by atoms with Crippen LogP contribution in [-0.4, -0.2) is 138 Å². The van der Waals surface area contributed by atoms with Crippen molar-refractivity contribution < 1.29 is 48.6 Å². The first-order valence-corrected chi connectivity index (χ1v) is 17.9. The van der Waals surface area contributed by atoms with E-state index in [4.69, 9.17) is 23.7 Å². The summed E-state index contributed by atoms with van der Waals surface area (Å²) >= 11 is 0. The van der Waals surface area contributed by atoms with Crippen molar-refractivity contribution in [3.63, 3.8) is 0 Å². The van der Waals surface area contributed by atoms with Crippen LogP contribution in [0.4, 0.5) is 5.69 Å². The summed E-state index contributed by atoms with van der Waals surface area (Å²) in [5.41, 5.74) is -1.66.